The van der Waals surface area contributed by atoms with E-state index in [0.29, 0.717) is 0 Å². The van der Waals surface area contributed by atoms with Gasteiger partial charge in [0.2, 0.25) is 0 Å². The van der Waals surface area contributed by atoms with Gasteiger partial charge in [-0.05, 0) is 41.5 Å². The maximum Gasteiger partial charge on any atom is 0.0738 e. The van der Waals surface area contributed by atoms with Crippen LogP contribution in [-0.2, 0) is 6.54 Å². The minimum absolute atomic E-state index is 0.145. The van der Waals surface area contributed by atoms with Gasteiger partial charge in [0.05, 0.1) is 6.04 Å². The number of fused-ring (bicyclic) bond motifs is 3. The predicted octanol–water partition coefficient (Wildman–Crippen LogP) is 4.32. The number of hydrogen-bond donors (Lipinski definition) is 1. The molecule has 0 unspecified atom stereocenters. The van der Waals surface area contributed by atoms with Crippen LogP contribution in [0.4, 0.5) is 0 Å². The van der Waals surface area contributed by atoms with Gasteiger partial charge in [0, 0.05) is 29.1 Å². The fourth-order valence-corrected chi connectivity index (χ4v) is 3.23. The van der Waals surface area contributed by atoms with Gasteiger partial charge in [0.1, 0.15) is 0 Å². The number of aromatic nitrogens is 1. The van der Waals surface area contributed by atoms with Crippen molar-refractivity contribution in [2.75, 3.05) is 0 Å². The summed E-state index contributed by atoms with van der Waals surface area (Å²) in [5.74, 6) is 0. The largest absolute Gasteiger partial charge is 0.319 e. The highest BCUT2D eigenvalue weighted by Gasteiger charge is 2.22. The van der Waals surface area contributed by atoms with Gasteiger partial charge in [0.25, 0.3) is 0 Å². The second-order valence-corrected chi connectivity index (χ2v) is 5.74. The van der Waals surface area contributed by atoms with Crippen LogP contribution in [0.5, 0.6) is 0 Å². The molecule has 1 aliphatic rings. The summed E-state index contributed by atoms with van der Waals surface area (Å²) in [6, 6.07) is 21.0. The molecule has 104 valence electrons. The molecule has 3 heteroatoms. The van der Waals surface area contributed by atoms with Crippen molar-refractivity contribution >= 4 is 11.6 Å². The van der Waals surface area contributed by atoms with Gasteiger partial charge in [-0.25, -0.2) is 0 Å². The van der Waals surface area contributed by atoms with Crippen LogP contribution in [0.3, 0.4) is 0 Å². The third-order valence-electron chi connectivity index (χ3n) is 4.01. The molecular weight excluding hydrogens is 280 g/mol. The van der Waals surface area contributed by atoms with Crippen molar-refractivity contribution in [1.29, 1.82) is 0 Å². The summed E-state index contributed by atoms with van der Waals surface area (Å²) >= 11 is 6.16. The molecule has 0 amide bonds. The summed E-state index contributed by atoms with van der Waals surface area (Å²) < 4.78 is 2.26. The molecule has 21 heavy (non-hydrogen) atoms. The maximum absolute atomic E-state index is 6.16. The smallest absolute Gasteiger partial charge is 0.0738 e. The summed E-state index contributed by atoms with van der Waals surface area (Å²) in [6.07, 6.45) is 2.12. The van der Waals surface area contributed by atoms with Gasteiger partial charge in [0.15, 0.2) is 0 Å². The highest BCUT2D eigenvalue weighted by Crippen LogP contribution is 2.31. The molecule has 1 atom stereocenters. The Hall–Kier alpha value is -2.03. The van der Waals surface area contributed by atoms with E-state index in [-0.39, 0.29) is 6.04 Å². The van der Waals surface area contributed by atoms with E-state index < -0.39 is 0 Å². The van der Waals surface area contributed by atoms with E-state index in [4.69, 9.17) is 11.6 Å². The first-order valence-electron chi connectivity index (χ1n) is 7.07. The summed E-state index contributed by atoms with van der Waals surface area (Å²) in [6.45, 7) is 0.842. The van der Waals surface area contributed by atoms with Gasteiger partial charge >= 0.3 is 0 Å². The Labute approximate surface area is 129 Å². The zero-order valence-corrected chi connectivity index (χ0v) is 12.2. The van der Waals surface area contributed by atoms with Crippen LogP contribution >= 0.6 is 11.6 Å². The Balaban J connectivity index is 1.87. The lowest BCUT2D eigenvalue weighted by Gasteiger charge is -2.18. The van der Waals surface area contributed by atoms with Crippen LogP contribution in [0.1, 0.15) is 22.9 Å². The minimum Gasteiger partial charge on any atom is -0.319 e. The molecule has 2 nitrogen and oxygen atoms in total. The standard InChI is InChI=1S/C18H15ClN2/c19-15-7-3-6-13(11-15)18-17-9-4-10-21(17)16-8-2-1-5-14(16)12-20-18/h1-11,18,20H,12H2/t18-/m1/s1. The Morgan fingerprint density at radius 2 is 1.90 bits per heavy atom. The van der Waals surface area contributed by atoms with Crippen molar-refractivity contribution in [2.24, 2.45) is 0 Å². The SMILES string of the molecule is Clc1cccc([C@H]2NCc3ccccc3-n3cccc32)c1. The molecular formula is C18H15ClN2. The predicted molar refractivity (Wildman–Crippen MR) is 85.9 cm³/mol. The zero-order valence-electron chi connectivity index (χ0n) is 11.5. The molecule has 0 aliphatic carbocycles. The van der Waals surface area contributed by atoms with Gasteiger partial charge in [-0.2, -0.15) is 0 Å². The molecule has 0 radical (unpaired) electrons. The second-order valence-electron chi connectivity index (χ2n) is 5.30. The van der Waals surface area contributed by atoms with E-state index in [9.17, 15) is 0 Å². The highest BCUT2D eigenvalue weighted by atomic mass is 35.5. The van der Waals surface area contributed by atoms with E-state index in [1.54, 1.807) is 0 Å². The fourth-order valence-electron chi connectivity index (χ4n) is 3.04. The van der Waals surface area contributed by atoms with Crippen molar-refractivity contribution < 1.29 is 0 Å². The van der Waals surface area contributed by atoms with Crippen LogP contribution in [-0.4, -0.2) is 4.57 Å². The zero-order chi connectivity index (χ0) is 14.2. The van der Waals surface area contributed by atoms with Gasteiger partial charge in [-0.3, -0.25) is 0 Å². The summed E-state index contributed by atoms with van der Waals surface area (Å²) in [5.41, 5.74) is 4.98. The highest BCUT2D eigenvalue weighted by molar-refractivity contribution is 6.30. The quantitative estimate of drug-likeness (QED) is 0.707. The number of halogens is 1. The van der Waals surface area contributed by atoms with E-state index >= 15 is 0 Å². The lowest BCUT2D eigenvalue weighted by Crippen LogP contribution is -2.21. The van der Waals surface area contributed by atoms with Gasteiger partial charge in [-0.15, -0.1) is 0 Å². The molecule has 1 aromatic heterocycles. The fraction of sp³-hybridized carbons (Fsp3) is 0.111. The molecule has 0 fully saturated rings. The van der Waals surface area contributed by atoms with Crippen LogP contribution < -0.4 is 5.32 Å². The number of hydrogen-bond acceptors (Lipinski definition) is 1. The van der Waals surface area contributed by atoms with Crippen molar-refractivity contribution in [3.05, 3.63) is 88.7 Å². The summed E-state index contributed by atoms with van der Waals surface area (Å²) in [7, 11) is 0. The Morgan fingerprint density at radius 3 is 2.81 bits per heavy atom. The number of nitrogens with zero attached hydrogens (tertiary/aromatic N) is 1. The number of benzene rings is 2. The Bertz CT molecular complexity index is 791. The van der Waals surface area contributed by atoms with E-state index in [2.05, 4.69) is 58.5 Å². The van der Waals surface area contributed by atoms with Gasteiger partial charge in [-0.1, -0.05) is 41.9 Å². The van der Waals surface area contributed by atoms with E-state index in [1.165, 1.54) is 22.5 Å². The number of para-hydroxylation sites is 1. The van der Waals surface area contributed by atoms with E-state index in [0.717, 1.165) is 11.6 Å². The van der Waals surface area contributed by atoms with Crippen molar-refractivity contribution in [3.63, 3.8) is 0 Å². The molecule has 0 saturated carbocycles. The third kappa shape index (κ3) is 2.17. The number of nitrogens with one attached hydrogen (secondary N) is 1. The molecule has 3 aromatic rings. The minimum atomic E-state index is 0.145. The molecule has 0 saturated heterocycles. The van der Waals surface area contributed by atoms with Crippen molar-refractivity contribution in [2.45, 2.75) is 12.6 Å². The van der Waals surface area contributed by atoms with Crippen molar-refractivity contribution in [3.8, 4) is 5.69 Å². The average Bonchev–Trinajstić information content (AvgIpc) is 2.92. The molecule has 2 heterocycles. The van der Waals surface area contributed by atoms with Crippen LogP contribution in [0.15, 0.2) is 66.9 Å². The summed E-state index contributed by atoms with van der Waals surface area (Å²) in [4.78, 5) is 0. The van der Waals surface area contributed by atoms with E-state index in [1.807, 2.05) is 18.2 Å². The van der Waals surface area contributed by atoms with Gasteiger partial charge < -0.3 is 9.88 Å². The third-order valence-corrected chi connectivity index (χ3v) is 4.24. The number of rotatable bonds is 1. The van der Waals surface area contributed by atoms with Crippen molar-refractivity contribution in [1.82, 2.24) is 9.88 Å². The first-order chi connectivity index (χ1) is 10.3. The Kier molecular flexibility index (Phi) is 3.06. The molecule has 4 rings (SSSR count). The maximum atomic E-state index is 6.16. The molecule has 1 aliphatic heterocycles. The lowest BCUT2D eigenvalue weighted by atomic mass is 10.0. The normalized spacial score (nSPS) is 16.9. The molecule has 1 N–H and O–H groups in total. The molecule has 2 aromatic carbocycles. The first-order valence-corrected chi connectivity index (χ1v) is 7.45. The lowest BCUT2D eigenvalue weighted by molar-refractivity contribution is 0.601. The molecule has 0 spiro atoms. The average molecular weight is 295 g/mol. The van der Waals surface area contributed by atoms with Crippen LogP contribution in [0.2, 0.25) is 5.02 Å². The topological polar surface area (TPSA) is 17.0 Å². The first kappa shape index (κ1) is 12.7. The van der Waals surface area contributed by atoms with Crippen LogP contribution in [0.25, 0.3) is 5.69 Å². The molecule has 0 bridgehead atoms. The Morgan fingerprint density at radius 1 is 1.00 bits per heavy atom. The van der Waals surface area contributed by atoms with Crippen LogP contribution in [0, 0.1) is 0 Å². The summed E-state index contributed by atoms with van der Waals surface area (Å²) in [5, 5.41) is 4.42. The second kappa shape index (κ2) is 5.06. The monoisotopic (exact) mass is 294 g/mol.